The molecule has 4 rings (SSSR count). The third kappa shape index (κ3) is 3.76. The fourth-order valence-corrected chi connectivity index (χ4v) is 3.84. The summed E-state index contributed by atoms with van der Waals surface area (Å²) < 4.78 is 13.2. The maximum Gasteiger partial charge on any atom is 0.322 e. The molecule has 0 saturated carbocycles. The number of aromatic nitrogens is 1. The van der Waals surface area contributed by atoms with E-state index in [-0.39, 0.29) is 12.1 Å². The Morgan fingerprint density at radius 3 is 2.59 bits per heavy atom. The lowest BCUT2D eigenvalue weighted by molar-refractivity contribution is 0.180. The molecule has 2 aromatic carbocycles. The van der Waals surface area contributed by atoms with Gasteiger partial charge in [-0.25, -0.2) is 4.79 Å². The molecular weight excluding hydrogens is 390 g/mol. The second-order valence-corrected chi connectivity index (χ2v) is 7.20. The van der Waals surface area contributed by atoms with E-state index < -0.39 is 0 Å². The second-order valence-electron chi connectivity index (χ2n) is 6.77. The van der Waals surface area contributed by atoms with Crippen LogP contribution in [0, 0.1) is 0 Å². The lowest BCUT2D eigenvalue weighted by Gasteiger charge is -2.37. The van der Waals surface area contributed by atoms with Crippen LogP contribution < -0.4 is 14.8 Å². The van der Waals surface area contributed by atoms with Crippen LogP contribution >= 0.6 is 11.6 Å². The summed E-state index contributed by atoms with van der Waals surface area (Å²) in [5.74, 6) is 1.41. The number of rotatable bonds is 4. The third-order valence-corrected chi connectivity index (χ3v) is 5.38. The molecule has 1 aromatic heterocycles. The molecule has 7 heteroatoms. The number of methoxy groups -OCH3 is 2. The van der Waals surface area contributed by atoms with E-state index in [1.54, 1.807) is 38.5 Å². The van der Waals surface area contributed by atoms with E-state index in [0.717, 1.165) is 17.8 Å². The van der Waals surface area contributed by atoms with Crippen molar-refractivity contribution in [1.29, 1.82) is 0 Å². The molecule has 1 N–H and O–H groups in total. The van der Waals surface area contributed by atoms with E-state index in [1.165, 1.54) is 0 Å². The molecule has 1 aliphatic heterocycles. The third-order valence-electron chi connectivity index (χ3n) is 5.13. The van der Waals surface area contributed by atoms with Gasteiger partial charge in [0.05, 0.1) is 14.2 Å². The van der Waals surface area contributed by atoms with Crippen molar-refractivity contribution in [2.45, 2.75) is 12.6 Å². The van der Waals surface area contributed by atoms with Gasteiger partial charge >= 0.3 is 6.03 Å². The summed E-state index contributed by atoms with van der Waals surface area (Å²) in [6.07, 6.45) is 2.03. The van der Waals surface area contributed by atoms with Crippen molar-refractivity contribution >= 4 is 23.3 Å². The molecule has 0 radical (unpaired) electrons. The smallest absolute Gasteiger partial charge is 0.322 e. The Morgan fingerprint density at radius 2 is 1.86 bits per heavy atom. The summed E-state index contributed by atoms with van der Waals surface area (Å²) in [6, 6.07) is 16.2. The maximum absolute atomic E-state index is 13.2. The normalized spacial score (nSPS) is 15.6. The lowest BCUT2D eigenvalue weighted by Crippen LogP contribution is -2.44. The van der Waals surface area contributed by atoms with Crippen LogP contribution in [0.5, 0.6) is 11.5 Å². The number of fused-ring (bicyclic) bond motifs is 1. The van der Waals surface area contributed by atoms with Gasteiger partial charge in [-0.2, -0.15) is 0 Å². The van der Waals surface area contributed by atoms with E-state index in [2.05, 4.69) is 9.88 Å². The summed E-state index contributed by atoms with van der Waals surface area (Å²) in [5.41, 5.74) is 2.59. The molecule has 29 heavy (non-hydrogen) atoms. The number of carbonyl (C=O) groups excluding carboxylic acids is 1. The number of nitrogens with zero attached hydrogens (tertiary/aromatic N) is 2. The minimum absolute atomic E-state index is 0.186. The van der Waals surface area contributed by atoms with Gasteiger partial charge in [0.25, 0.3) is 0 Å². The van der Waals surface area contributed by atoms with E-state index in [4.69, 9.17) is 21.1 Å². The van der Waals surface area contributed by atoms with Crippen LogP contribution in [0.15, 0.2) is 60.8 Å². The minimum Gasteiger partial charge on any atom is -0.497 e. The molecule has 1 aliphatic rings. The van der Waals surface area contributed by atoms with Gasteiger partial charge < -0.3 is 24.3 Å². The van der Waals surface area contributed by atoms with Gasteiger partial charge in [0.2, 0.25) is 0 Å². The fourth-order valence-electron chi connectivity index (χ4n) is 3.71. The molecular formula is C22H22ClN3O3. The Bertz CT molecular complexity index is 1020. The number of anilines is 1. The Labute approximate surface area is 174 Å². The SMILES string of the molecule is COc1ccc(OC)c(C2c3cccn3CCN2C(=O)Nc2ccc(Cl)cc2)c1. The monoisotopic (exact) mass is 411 g/mol. The van der Waals surface area contributed by atoms with Gasteiger partial charge in [0, 0.05) is 41.3 Å². The highest BCUT2D eigenvalue weighted by Crippen LogP contribution is 2.39. The largest absolute Gasteiger partial charge is 0.497 e. The first-order valence-electron chi connectivity index (χ1n) is 9.31. The molecule has 0 bridgehead atoms. The second kappa shape index (κ2) is 8.09. The number of urea groups is 1. The van der Waals surface area contributed by atoms with Crippen molar-refractivity contribution < 1.29 is 14.3 Å². The van der Waals surface area contributed by atoms with Crippen LogP contribution in [0.3, 0.4) is 0 Å². The number of benzene rings is 2. The van der Waals surface area contributed by atoms with Gasteiger partial charge in [0.1, 0.15) is 17.5 Å². The summed E-state index contributed by atoms with van der Waals surface area (Å²) >= 11 is 5.95. The average Bonchev–Trinajstić information content (AvgIpc) is 3.23. The maximum atomic E-state index is 13.2. The molecule has 0 aliphatic carbocycles. The zero-order valence-corrected chi connectivity index (χ0v) is 17.0. The first kappa shape index (κ1) is 19.2. The summed E-state index contributed by atoms with van der Waals surface area (Å²) in [6.45, 7) is 1.28. The van der Waals surface area contributed by atoms with Crippen LogP contribution in [0.2, 0.25) is 5.02 Å². The number of hydrogen-bond acceptors (Lipinski definition) is 3. The van der Waals surface area contributed by atoms with Crippen LogP contribution in [-0.2, 0) is 6.54 Å². The van der Waals surface area contributed by atoms with Gasteiger partial charge in [-0.15, -0.1) is 0 Å². The molecule has 0 spiro atoms. The Balaban J connectivity index is 1.73. The number of hydrogen-bond donors (Lipinski definition) is 1. The molecule has 150 valence electrons. The van der Waals surface area contributed by atoms with Gasteiger partial charge in [-0.1, -0.05) is 11.6 Å². The molecule has 0 fully saturated rings. The van der Waals surface area contributed by atoms with E-state index >= 15 is 0 Å². The minimum atomic E-state index is -0.309. The highest BCUT2D eigenvalue weighted by molar-refractivity contribution is 6.30. The predicted molar refractivity (Wildman–Crippen MR) is 113 cm³/mol. The molecule has 2 amide bonds. The Hall–Kier alpha value is -3.12. The average molecular weight is 412 g/mol. The van der Waals surface area contributed by atoms with E-state index in [1.807, 2.05) is 41.4 Å². The van der Waals surface area contributed by atoms with Crippen molar-refractivity contribution in [2.75, 3.05) is 26.1 Å². The van der Waals surface area contributed by atoms with Crippen molar-refractivity contribution in [1.82, 2.24) is 9.47 Å². The number of ether oxygens (including phenoxy) is 2. The zero-order chi connectivity index (χ0) is 20.4. The van der Waals surface area contributed by atoms with Crippen LogP contribution in [0.1, 0.15) is 17.3 Å². The molecule has 2 heterocycles. The highest BCUT2D eigenvalue weighted by atomic mass is 35.5. The number of amides is 2. The predicted octanol–water partition coefficient (Wildman–Crippen LogP) is 4.80. The van der Waals surface area contributed by atoms with E-state index in [0.29, 0.717) is 28.8 Å². The lowest BCUT2D eigenvalue weighted by atomic mass is 9.98. The first-order chi connectivity index (χ1) is 14.1. The molecule has 1 unspecified atom stereocenters. The summed E-state index contributed by atoms with van der Waals surface area (Å²) in [4.78, 5) is 15.0. The summed E-state index contributed by atoms with van der Waals surface area (Å²) in [5, 5.41) is 3.60. The molecule has 1 atom stereocenters. The topological polar surface area (TPSA) is 55.7 Å². The summed E-state index contributed by atoms with van der Waals surface area (Å²) in [7, 11) is 3.26. The Morgan fingerprint density at radius 1 is 1.07 bits per heavy atom. The fraction of sp³-hybridized carbons (Fsp3) is 0.227. The van der Waals surface area contributed by atoms with Gasteiger partial charge in [-0.3, -0.25) is 0 Å². The highest BCUT2D eigenvalue weighted by Gasteiger charge is 2.34. The van der Waals surface area contributed by atoms with Crippen LogP contribution in [-0.4, -0.2) is 36.3 Å². The van der Waals surface area contributed by atoms with Crippen molar-refractivity contribution in [3.05, 3.63) is 77.1 Å². The Kier molecular flexibility index (Phi) is 5.36. The molecule has 6 nitrogen and oxygen atoms in total. The first-order valence-corrected chi connectivity index (χ1v) is 9.68. The molecule has 3 aromatic rings. The number of halogens is 1. The van der Waals surface area contributed by atoms with Crippen molar-refractivity contribution in [3.63, 3.8) is 0 Å². The van der Waals surface area contributed by atoms with Gasteiger partial charge in [0.15, 0.2) is 0 Å². The van der Waals surface area contributed by atoms with Crippen molar-refractivity contribution in [3.8, 4) is 11.5 Å². The van der Waals surface area contributed by atoms with Crippen molar-refractivity contribution in [2.24, 2.45) is 0 Å². The quantitative estimate of drug-likeness (QED) is 0.671. The molecule has 0 saturated heterocycles. The number of nitrogens with one attached hydrogen (secondary N) is 1. The zero-order valence-electron chi connectivity index (χ0n) is 16.3. The standard InChI is InChI=1S/C22H22ClN3O3/c1-28-17-9-10-20(29-2)18(14-17)21-19-4-3-11-25(19)12-13-26(21)22(27)24-16-7-5-15(23)6-8-16/h3-11,14,21H,12-13H2,1-2H3,(H,24,27). The van der Waals surface area contributed by atoms with E-state index in [9.17, 15) is 4.79 Å². The number of carbonyl (C=O) groups is 1. The van der Waals surface area contributed by atoms with Gasteiger partial charge in [-0.05, 0) is 54.6 Å². The van der Waals surface area contributed by atoms with Crippen LogP contribution in [0.25, 0.3) is 0 Å². The van der Waals surface area contributed by atoms with Crippen LogP contribution in [0.4, 0.5) is 10.5 Å².